The number of rotatable bonds is 11. The number of fused-ring (bicyclic) bond motifs is 2. The number of hydrogen-bond donors (Lipinski definition) is 1. The van der Waals surface area contributed by atoms with Crippen molar-refractivity contribution < 1.29 is 29.0 Å². The number of carbonyl (C=O) groups excluding carboxylic acids is 3. The molecule has 5 atom stereocenters. The van der Waals surface area contributed by atoms with Gasteiger partial charge in [-0.3, -0.25) is 14.4 Å². The molecule has 2 unspecified atom stereocenters. The van der Waals surface area contributed by atoms with Crippen LogP contribution >= 0.6 is 0 Å². The van der Waals surface area contributed by atoms with E-state index in [0.717, 1.165) is 10.8 Å². The van der Waals surface area contributed by atoms with E-state index in [1.807, 2.05) is 49.4 Å². The van der Waals surface area contributed by atoms with E-state index in [0.29, 0.717) is 31.4 Å². The molecule has 3 heterocycles. The molecule has 8 heteroatoms. The molecule has 8 nitrogen and oxygen atoms in total. The summed E-state index contributed by atoms with van der Waals surface area (Å²) < 4.78 is 12.2. The number of unbranched alkanes of at least 4 members (excludes halogenated alkanes) is 1. The summed E-state index contributed by atoms with van der Waals surface area (Å²) in [6.07, 6.45) is 5.75. The Hall–Kier alpha value is -3.49. The number of allylic oxidation sites excluding steroid dienone is 1. The number of likely N-dealkylation sites (tertiary alicyclic amines) is 1. The van der Waals surface area contributed by atoms with Gasteiger partial charge >= 0.3 is 5.97 Å². The molecule has 206 valence electrons. The van der Waals surface area contributed by atoms with Crippen LogP contribution in [0.25, 0.3) is 10.8 Å². The second-order valence-corrected chi connectivity index (χ2v) is 10.9. The number of β-amino-alcohol motifs (C(OH)–C–C–N with tert-alkyl or cyclic N) is 1. The molecule has 0 saturated carbocycles. The predicted octanol–water partition coefficient (Wildman–Crippen LogP) is 3.63. The van der Waals surface area contributed by atoms with Crippen LogP contribution in [-0.2, 0) is 23.9 Å². The summed E-state index contributed by atoms with van der Waals surface area (Å²) in [5.74, 6) is -2.83. The average molecular weight is 533 g/mol. The zero-order valence-electron chi connectivity index (χ0n) is 22.4. The second kappa shape index (κ2) is 10.6. The molecule has 3 saturated heterocycles. The quantitative estimate of drug-likeness (QED) is 0.270. The van der Waals surface area contributed by atoms with Crippen LogP contribution < -0.4 is 4.90 Å². The van der Waals surface area contributed by atoms with Crippen LogP contribution in [0.4, 0.5) is 5.69 Å². The van der Waals surface area contributed by atoms with Gasteiger partial charge in [-0.2, -0.15) is 0 Å². The van der Waals surface area contributed by atoms with Crippen molar-refractivity contribution >= 4 is 34.2 Å². The maximum Gasteiger partial charge on any atom is 0.312 e. The summed E-state index contributed by atoms with van der Waals surface area (Å²) >= 11 is 0. The van der Waals surface area contributed by atoms with Gasteiger partial charge in [0, 0.05) is 18.8 Å². The molecule has 0 radical (unpaired) electrons. The highest BCUT2D eigenvalue weighted by Crippen LogP contribution is 2.63. The van der Waals surface area contributed by atoms with Gasteiger partial charge in [0.25, 0.3) is 5.91 Å². The normalized spacial score (nSPS) is 28.9. The molecule has 2 bridgehead atoms. The zero-order valence-corrected chi connectivity index (χ0v) is 22.4. The van der Waals surface area contributed by atoms with Gasteiger partial charge in [-0.15, -0.1) is 13.2 Å². The summed E-state index contributed by atoms with van der Waals surface area (Å²) in [5, 5.41) is 11.9. The maximum atomic E-state index is 14.4. The van der Waals surface area contributed by atoms with Gasteiger partial charge in [0.1, 0.15) is 17.6 Å². The van der Waals surface area contributed by atoms with Crippen LogP contribution in [-0.4, -0.2) is 71.3 Å². The molecular formula is C31H36N2O6. The van der Waals surface area contributed by atoms with Gasteiger partial charge in [0.15, 0.2) is 0 Å². The van der Waals surface area contributed by atoms with Crippen molar-refractivity contribution in [3.05, 3.63) is 67.8 Å². The van der Waals surface area contributed by atoms with Gasteiger partial charge in [0.05, 0.1) is 24.7 Å². The first-order chi connectivity index (χ1) is 18.8. The van der Waals surface area contributed by atoms with Crippen LogP contribution in [0.2, 0.25) is 0 Å². The Morgan fingerprint density at radius 3 is 2.67 bits per heavy atom. The Bertz CT molecular complexity index is 1310. The molecule has 3 aliphatic heterocycles. The highest BCUT2D eigenvalue weighted by Gasteiger charge is 2.78. The number of ether oxygens (including phenoxy) is 2. The Balaban J connectivity index is 1.52. The summed E-state index contributed by atoms with van der Waals surface area (Å²) in [6.45, 7) is 9.48. The van der Waals surface area contributed by atoms with Crippen molar-refractivity contribution in [3.63, 3.8) is 0 Å². The Morgan fingerprint density at radius 2 is 1.95 bits per heavy atom. The second-order valence-electron chi connectivity index (χ2n) is 10.9. The van der Waals surface area contributed by atoms with E-state index in [4.69, 9.17) is 9.47 Å². The van der Waals surface area contributed by atoms with Crippen molar-refractivity contribution in [3.8, 4) is 0 Å². The number of hydrogen-bond acceptors (Lipinski definition) is 6. The highest BCUT2D eigenvalue weighted by atomic mass is 16.6. The topological polar surface area (TPSA) is 96.4 Å². The third-order valence-corrected chi connectivity index (χ3v) is 8.52. The molecule has 1 N–H and O–H groups in total. The number of amides is 2. The molecule has 2 amide bonds. The van der Waals surface area contributed by atoms with Gasteiger partial charge < -0.3 is 24.4 Å². The molecule has 3 fully saturated rings. The molecule has 0 aromatic heterocycles. The molecule has 2 aromatic rings. The van der Waals surface area contributed by atoms with Gasteiger partial charge in [-0.05, 0) is 55.5 Å². The fourth-order valence-corrected chi connectivity index (χ4v) is 6.85. The summed E-state index contributed by atoms with van der Waals surface area (Å²) in [5.41, 5.74) is -1.42. The predicted molar refractivity (Wildman–Crippen MR) is 148 cm³/mol. The van der Waals surface area contributed by atoms with E-state index < -0.39 is 35.0 Å². The standard InChI is InChI=1S/C31H36N2O6/c1-4-6-9-19-38-29(37)25-24-27(35)33(17-18-34)26(31(24)15-14-30(25,3)39-31)28(36)32(16-5-2)23-13-12-21-10-7-8-11-22(21)20-23/h4-5,7-8,10-13,20,24-26,34H,1-2,6,9,14-19H2,3H3/t24-,25+,26?,30-,31?/m0/s1. The Kier molecular flexibility index (Phi) is 7.35. The Labute approximate surface area is 228 Å². The van der Waals surface area contributed by atoms with Crippen molar-refractivity contribution in [2.45, 2.75) is 49.9 Å². The van der Waals surface area contributed by atoms with Gasteiger partial charge in [0.2, 0.25) is 5.91 Å². The largest absolute Gasteiger partial charge is 0.465 e. The minimum absolute atomic E-state index is 0.0334. The van der Waals surface area contributed by atoms with Crippen molar-refractivity contribution in [2.75, 3.05) is 31.2 Å². The molecule has 0 aliphatic carbocycles. The maximum absolute atomic E-state index is 14.4. The molecule has 3 aliphatic rings. The number of nitrogens with zero attached hydrogens (tertiary/aromatic N) is 2. The lowest BCUT2D eigenvalue weighted by molar-refractivity contribution is -0.159. The molecular weight excluding hydrogens is 496 g/mol. The fourth-order valence-electron chi connectivity index (χ4n) is 6.85. The smallest absolute Gasteiger partial charge is 0.312 e. The SMILES string of the molecule is C=CCCCOC(=O)[C@H]1[C@H]2C(=O)N(CCO)C(C(=O)N(CC=C)c3ccc4ccccc4c3)C23CC[C@]1(C)O3. The summed E-state index contributed by atoms with van der Waals surface area (Å²) in [6, 6.07) is 12.7. The molecule has 2 aromatic carbocycles. The minimum atomic E-state index is -1.18. The number of esters is 1. The third-order valence-electron chi connectivity index (χ3n) is 8.52. The van der Waals surface area contributed by atoms with Gasteiger partial charge in [-0.25, -0.2) is 0 Å². The third kappa shape index (κ3) is 4.36. The number of anilines is 1. The van der Waals surface area contributed by atoms with E-state index in [1.165, 1.54) is 4.90 Å². The number of aliphatic hydroxyl groups is 1. The van der Waals surface area contributed by atoms with Crippen molar-refractivity contribution in [2.24, 2.45) is 11.8 Å². The van der Waals surface area contributed by atoms with Crippen LogP contribution in [0.3, 0.4) is 0 Å². The van der Waals surface area contributed by atoms with Crippen molar-refractivity contribution in [1.29, 1.82) is 0 Å². The monoisotopic (exact) mass is 532 g/mol. The summed E-state index contributed by atoms with van der Waals surface area (Å²) in [4.78, 5) is 44.7. The molecule has 5 rings (SSSR count). The lowest BCUT2D eigenvalue weighted by Crippen LogP contribution is -2.56. The van der Waals surface area contributed by atoms with Crippen LogP contribution in [0.15, 0.2) is 67.8 Å². The van der Waals surface area contributed by atoms with Crippen LogP contribution in [0, 0.1) is 11.8 Å². The highest BCUT2D eigenvalue weighted by molar-refractivity contribution is 6.05. The first-order valence-corrected chi connectivity index (χ1v) is 13.6. The van der Waals surface area contributed by atoms with E-state index in [1.54, 1.807) is 17.1 Å². The first-order valence-electron chi connectivity index (χ1n) is 13.6. The number of aliphatic hydroxyl groups excluding tert-OH is 1. The average Bonchev–Trinajstić information content (AvgIpc) is 3.50. The lowest BCUT2D eigenvalue weighted by Gasteiger charge is -2.36. The van der Waals surface area contributed by atoms with Crippen molar-refractivity contribution in [1.82, 2.24) is 4.90 Å². The number of benzene rings is 2. The van der Waals surface area contributed by atoms with Gasteiger partial charge in [-0.1, -0.05) is 42.5 Å². The summed E-state index contributed by atoms with van der Waals surface area (Å²) in [7, 11) is 0. The molecule has 1 spiro atoms. The number of carbonyl (C=O) groups is 3. The minimum Gasteiger partial charge on any atom is -0.465 e. The zero-order chi connectivity index (χ0) is 27.8. The van der Waals surface area contributed by atoms with E-state index in [9.17, 15) is 19.5 Å². The Morgan fingerprint density at radius 1 is 1.18 bits per heavy atom. The fraction of sp³-hybridized carbons (Fsp3) is 0.452. The van der Waals surface area contributed by atoms with E-state index >= 15 is 0 Å². The first kappa shape index (κ1) is 27.1. The van der Waals surface area contributed by atoms with Crippen LogP contribution in [0.5, 0.6) is 0 Å². The molecule has 39 heavy (non-hydrogen) atoms. The van der Waals surface area contributed by atoms with Crippen LogP contribution in [0.1, 0.15) is 32.6 Å². The lowest BCUT2D eigenvalue weighted by atomic mass is 9.66. The van der Waals surface area contributed by atoms with E-state index in [-0.39, 0.29) is 38.1 Å². The van der Waals surface area contributed by atoms with E-state index in [2.05, 4.69) is 13.2 Å².